The van der Waals surface area contributed by atoms with Crippen molar-refractivity contribution in [2.45, 2.75) is 32.2 Å². The fourth-order valence-corrected chi connectivity index (χ4v) is 2.10. The van der Waals surface area contributed by atoms with E-state index in [2.05, 4.69) is 0 Å². The second-order valence-electron chi connectivity index (χ2n) is 4.84. The van der Waals surface area contributed by atoms with Crippen molar-refractivity contribution >= 4 is 28.6 Å². The maximum absolute atomic E-state index is 14.0. The van der Waals surface area contributed by atoms with Gasteiger partial charge in [-0.25, -0.2) is 4.79 Å². The van der Waals surface area contributed by atoms with Gasteiger partial charge < -0.3 is 14.6 Å². The maximum atomic E-state index is 14.0. The second-order valence-corrected chi connectivity index (χ2v) is 6.09. The number of ether oxygens (including phenoxy) is 2. The monoisotopic (exact) mass is 414 g/mol. The Morgan fingerprint density at radius 3 is 2.19 bits per heavy atom. The normalized spacial score (nSPS) is 15.0. The molecule has 2 unspecified atom stereocenters. The smallest absolute Gasteiger partial charge is 0.377 e. The topological polar surface area (TPSA) is 55.8 Å². The van der Waals surface area contributed by atoms with Crippen molar-refractivity contribution in [2.24, 2.45) is 5.92 Å². The molecule has 7 heteroatoms. The molecule has 0 aromatic heterocycles. The summed E-state index contributed by atoms with van der Waals surface area (Å²) < 4.78 is 39.1. The summed E-state index contributed by atoms with van der Waals surface area (Å²) in [4.78, 5) is 10.9. The highest BCUT2D eigenvalue weighted by Gasteiger charge is 2.50. The molecule has 0 saturated heterocycles. The van der Waals surface area contributed by atoms with Crippen molar-refractivity contribution in [2.75, 3.05) is 7.11 Å². The Balaban J connectivity index is 3.17. The third-order valence-corrected chi connectivity index (χ3v) is 3.55. The Labute approximate surface area is 135 Å². The molecule has 1 aromatic carbocycles. The van der Waals surface area contributed by atoms with Crippen molar-refractivity contribution in [1.82, 2.24) is 0 Å². The van der Waals surface area contributed by atoms with E-state index in [0.29, 0.717) is 0 Å². The van der Waals surface area contributed by atoms with Crippen LogP contribution in [0.1, 0.15) is 25.5 Å². The van der Waals surface area contributed by atoms with Crippen LogP contribution in [-0.2, 0) is 14.3 Å². The molecular formula is C14H17F2IO4. The second kappa shape index (κ2) is 7.46. The summed E-state index contributed by atoms with van der Waals surface area (Å²) in [6.07, 6.45) is -2.85. The van der Waals surface area contributed by atoms with E-state index in [1.54, 1.807) is 26.0 Å². The molecule has 0 aliphatic carbocycles. The van der Waals surface area contributed by atoms with Crippen molar-refractivity contribution in [1.29, 1.82) is 0 Å². The molecule has 1 aromatic rings. The number of halogens is 3. The Morgan fingerprint density at radius 2 is 1.81 bits per heavy atom. The van der Waals surface area contributed by atoms with Gasteiger partial charge in [-0.05, 0) is 40.3 Å². The third-order valence-electron chi connectivity index (χ3n) is 2.83. The lowest BCUT2D eigenvalue weighted by Crippen LogP contribution is -2.40. The number of rotatable bonds is 7. The van der Waals surface area contributed by atoms with Gasteiger partial charge in [0.15, 0.2) is 12.4 Å². The van der Waals surface area contributed by atoms with Crippen LogP contribution in [0.25, 0.3) is 0 Å². The first-order chi connectivity index (χ1) is 9.70. The van der Waals surface area contributed by atoms with Gasteiger partial charge in [0.25, 0.3) is 0 Å². The van der Waals surface area contributed by atoms with Crippen LogP contribution in [0.5, 0.6) is 0 Å². The molecule has 0 amide bonds. The van der Waals surface area contributed by atoms with Gasteiger partial charge in [0.1, 0.15) is 0 Å². The molecule has 0 spiro atoms. The molecule has 118 valence electrons. The van der Waals surface area contributed by atoms with Gasteiger partial charge in [0.2, 0.25) is 0 Å². The number of carboxylic acids is 1. The molecule has 0 fully saturated rings. The summed E-state index contributed by atoms with van der Waals surface area (Å²) in [6.45, 7) is 3.47. The Hall–Kier alpha value is -0.800. The number of aliphatic carboxylic acids is 1. The van der Waals surface area contributed by atoms with Gasteiger partial charge >= 0.3 is 11.9 Å². The van der Waals surface area contributed by atoms with Gasteiger partial charge in [0, 0.05) is 16.6 Å². The van der Waals surface area contributed by atoms with Crippen LogP contribution < -0.4 is 0 Å². The number of methoxy groups -OCH3 is 1. The number of carboxylic acid groups (broad SMARTS) is 1. The Bertz CT molecular complexity index is 476. The van der Waals surface area contributed by atoms with E-state index in [0.717, 1.165) is 3.57 Å². The van der Waals surface area contributed by atoms with Crippen LogP contribution in [-0.4, -0.2) is 30.4 Å². The van der Waals surface area contributed by atoms with Crippen LogP contribution in [0.2, 0.25) is 0 Å². The zero-order valence-corrected chi connectivity index (χ0v) is 14.0. The fourth-order valence-electron chi connectivity index (χ4n) is 1.74. The van der Waals surface area contributed by atoms with Crippen molar-refractivity contribution < 1.29 is 28.2 Å². The molecule has 2 atom stereocenters. The number of alkyl halides is 2. The first-order valence-electron chi connectivity index (χ1n) is 6.25. The highest BCUT2D eigenvalue weighted by Crippen LogP contribution is 2.37. The lowest BCUT2D eigenvalue weighted by molar-refractivity contribution is -0.241. The number of hydrogen-bond donors (Lipinski definition) is 1. The van der Waals surface area contributed by atoms with E-state index < -0.39 is 24.3 Å². The molecule has 0 heterocycles. The van der Waals surface area contributed by atoms with Crippen LogP contribution in [0.15, 0.2) is 24.3 Å². The zero-order chi connectivity index (χ0) is 16.2. The number of hydrogen-bond acceptors (Lipinski definition) is 3. The maximum Gasteiger partial charge on any atom is 0.377 e. The lowest BCUT2D eigenvalue weighted by atomic mass is 10.0. The summed E-state index contributed by atoms with van der Waals surface area (Å²) in [7, 11) is 1.33. The molecule has 0 saturated carbocycles. The van der Waals surface area contributed by atoms with Crippen molar-refractivity contribution in [3.05, 3.63) is 33.4 Å². The van der Waals surface area contributed by atoms with E-state index in [1.165, 1.54) is 19.2 Å². The predicted molar refractivity (Wildman–Crippen MR) is 81.2 cm³/mol. The third kappa shape index (κ3) is 4.58. The first-order valence-corrected chi connectivity index (χ1v) is 7.33. The largest absolute Gasteiger partial charge is 0.477 e. The minimum Gasteiger partial charge on any atom is -0.477 e. The van der Waals surface area contributed by atoms with Gasteiger partial charge in [0.05, 0.1) is 0 Å². The molecule has 0 radical (unpaired) electrons. The van der Waals surface area contributed by atoms with Gasteiger partial charge in [-0.3, -0.25) is 0 Å². The average Bonchev–Trinajstić information content (AvgIpc) is 2.40. The quantitative estimate of drug-likeness (QED) is 0.546. The van der Waals surface area contributed by atoms with E-state index >= 15 is 0 Å². The van der Waals surface area contributed by atoms with Gasteiger partial charge in [-0.15, -0.1) is 0 Å². The summed E-state index contributed by atoms with van der Waals surface area (Å²) >= 11 is 2.03. The minimum atomic E-state index is -4.06. The predicted octanol–water partition coefficient (Wildman–Crippen LogP) is 3.70. The van der Waals surface area contributed by atoms with Gasteiger partial charge in [-0.1, -0.05) is 26.0 Å². The van der Waals surface area contributed by atoms with E-state index in [4.69, 9.17) is 14.6 Å². The molecular weight excluding hydrogens is 397 g/mol. The molecule has 1 N–H and O–H groups in total. The van der Waals surface area contributed by atoms with Crippen molar-refractivity contribution in [3.63, 3.8) is 0 Å². The molecule has 0 aliphatic heterocycles. The van der Waals surface area contributed by atoms with Crippen LogP contribution >= 0.6 is 22.6 Å². The SMILES string of the molecule is COC(OC(c1ccc(I)cc1)C(F)(F)C(=O)O)C(C)C. The highest BCUT2D eigenvalue weighted by molar-refractivity contribution is 14.1. The van der Waals surface area contributed by atoms with E-state index in [1.807, 2.05) is 22.6 Å². The minimum absolute atomic E-state index is 0.0884. The van der Waals surface area contributed by atoms with E-state index in [-0.39, 0.29) is 11.5 Å². The van der Waals surface area contributed by atoms with E-state index in [9.17, 15) is 13.6 Å². The van der Waals surface area contributed by atoms with Crippen LogP contribution in [0.3, 0.4) is 0 Å². The standard InChI is InChI=1S/C14H17F2IO4/c1-8(2)12(20-3)21-11(14(15,16)13(18)19)9-4-6-10(17)7-5-9/h4-8,11-12H,1-3H3,(H,18,19). The summed E-state index contributed by atoms with van der Waals surface area (Å²) in [5.41, 5.74) is 0.0884. The fraction of sp³-hybridized carbons (Fsp3) is 0.500. The summed E-state index contributed by atoms with van der Waals surface area (Å²) in [5.74, 6) is -6.49. The number of benzene rings is 1. The molecule has 0 bridgehead atoms. The highest BCUT2D eigenvalue weighted by atomic mass is 127. The number of carbonyl (C=O) groups is 1. The lowest BCUT2D eigenvalue weighted by Gasteiger charge is -2.29. The Morgan fingerprint density at radius 1 is 1.29 bits per heavy atom. The van der Waals surface area contributed by atoms with Crippen LogP contribution in [0.4, 0.5) is 8.78 Å². The summed E-state index contributed by atoms with van der Waals surface area (Å²) in [5, 5.41) is 8.78. The first kappa shape index (κ1) is 18.2. The van der Waals surface area contributed by atoms with Crippen LogP contribution in [0, 0.1) is 9.49 Å². The van der Waals surface area contributed by atoms with Crippen molar-refractivity contribution in [3.8, 4) is 0 Å². The summed E-state index contributed by atoms with van der Waals surface area (Å²) in [6, 6.07) is 6.08. The average molecular weight is 414 g/mol. The molecule has 4 nitrogen and oxygen atoms in total. The zero-order valence-electron chi connectivity index (χ0n) is 11.8. The Kier molecular flexibility index (Phi) is 6.48. The molecule has 21 heavy (non-hydrogen) atoms. The van der Waals surface area contributed by atoms with Gasteiger partial charge in [-0.2, -0.15) is 8.78 Å². The molecule has 0 aliphatic rings. The molecule has 1 rings (SSSR count).